The highest BCUT2D eigenvalue weighted by molar-refractivity contribution is 5.93. The van der Waals surface area contributed by atoms with Gasteiger partial charge in [0.25, 0.3) is 0 Å². The number of benzene rings is 1. The predicted molar refractivity (Wildman–Crippen MR) is 69.5 cm³/mol. The minimum atomic E-state index is 1.24. The van der Waals surface area contributed by atoms with Crippen LogP contribution in [-0.4, -0.2) is 4.98 Å². The van der Waals surface area contributed by atoms with Crippen LogP contribution in [-0.2, 0) is 0 Å². The largest absolute Gasteiger partial charge is 0.361 e. The minimum absolute atomic E-state index is 1.24. The van der Waals surface area contributed by atoms with Crippen molar-refractivity contribution in [3.63, 3.8) is 0 Å². The second-order valence-electron chi connectivity index (χ2n) is 4.73. The standard InChI is InChI=1S/C15H17N/c1-11-7-8-13-14(10-16-15(13)9-11)12-5-3-2-4-6-12/h5,7-10,16H,2-4,6H2,1H3. The molecule has 1 heterocycles. The quantitative estimate of drug-likeness (QED) is 0.718. The van der Waals surface area contributed by atoms with E-state index in [0.29, 0.717) is 0 Å². The Bertz CT molecular complexity index is 546. The lowest BCUT2D eigenvalue weighted by molar-refractivity contribution is 0.742. The first-order valence-corrected chi connectivity index (χ1v) is 6.12. The zero-order valence-electron chi connectivity index (χ0n) is 9.72. The third-order valence-corrected chi connectivity index (χ3v) is 3.47. The molecule has 0 atom stereocenters. The SMILES string of the molecule is Cc1ccc2c(C3=CCCCC3)c[nH]c2c1. The van der Waals surface area contributed by atoms with Crippen LogP contribution in [0.2, 0.25) is 0 Å². The van der Waals surface area contributed by atoms with Gasteiger partial charge in [0.05, 0.1) is 0 Å². The maximum absolute atomic E-state index is 3.39. The van der Waals surface area contributed by atoms with E-state index in [9.17, 15) is 0 Å². The zero-order valence-corrected chi connectivity index (χ0v) is 9.72. The number of aromatic amines is 1. The summed E-state index contributed by atoms with van der Waals surface area (Å²) in [7, 11) is 0. The van der Waals surface area contributed by atoms with Gasteiger partial charge in [0.2, 0.25) is 0 Å². The number of rotatable bonds is 1. The molecule has 1 aliphatic rings. The van der Waals surface area contributed by atoms with Gasteiger partial charge in [-0.15, -0.1) is 0 Å². The van der Waals surface area contributed by atoms with Gasteiger partial charge in [-0.25, -0.2) is 0 Å². The van der Waals surface area contributed by atoms with E-state index in [4.69, 9.17) is 0 Å². The predicted octanol–water partition coefficient (Wildman–Crippen LogP) is 4.43. The fourth-order valence-corrected chi connectivity index (χ4v) is 2.59. The van der Waals surface area contributed by atoms with Crippen molar-refractivity contribution in [3.8, 4) is 0 Å². The van der Waals surface area contributed by atoms with Gasteiger partial charge in [-0.3, -0.25) is 0 Å². The van der Waals surface area contributed by atoms with E-state index in [-0.39, 0.29) is 0 Å². The molecule has 2 aromatic rings. The first-order valence-electron chi connectivity index (χ1n) is 6.12. The highest BCUT2D eigenvalue weighted by Gasteiger charge is 2.10. The van der Waals surface area contributed by atoms with Crippen molar-refractivity contribution in [3.05, 3.63) is 41.6 Å². The summed E-state index contributed by atoms with van der Waals surface area (Å²) in [5.74, 6) is 0. The maximum atomic E-state index is 3.39. The second kappa shape index (κ2) is 3.82. The number of fused-ring (bicyclic) bond motifs is 1. The molecule has 0 saturated heterocycles. The van der Waals surface area contributed by atoms with Crippen molar-refractivity contribution in [2.75, 3.05) is 0 Å². The highest BCUT2D eigenvalue weighted by Crippen LogP contribution is 2.31. The fourth-order valence-electron chi connectivity index (χ4n) is 2.59. The molecule has 0 saturated carbocycles. The highest BCUT2D eigenvalue weighted by atomic mass is 14.7. The van der Waals surface area contributed by atoms with Crippen molar-refractivity contribution in [1.82, 2.24) is 4.98 Å². The van der Waals surface area contributed by atoms with Crippen molar-refractivity contribution < 1.29 is 0 Å². The van der Waals surface area contributed by atoms with Crippen LogP contribution in [0, 0.1) is 6.92 Å². The van der Waals surface area contributed by atoms with Gasteiger partial charge in [-0.2, -0.15) is 0 Å². The third-order valence-electron chi connectivity index (χ3n) is 3.47. The number of hydrogen-bond donors (Lipinski definition) is 1. The topological polar surface area (TPSA) is 15.8 Å². The average molecular weight is 211 g/mol. The molecule has 1 aliphatic carbocycles. The molecule has 0 fully saturated rings. The van der Waals surface area contributed by atoms with Crippen LogP contribution in [0.1, 0.15) is 36.8 Å². The number of allylic oxidation sites excluding steroid dienone is 2. The van der Waals surface area contributed by atoms with Crippen LogP contribution in [0.3, 0.4) is 0 Å². The summed E-state index contributed by atoms with van der Waals surface area (Å²) >= 11 is 0. The molecule has 0 amide bonds. The van der Waals surface area contributed by atoms with Crippen molar-refractivity contribution >= 4 is 16.5 Å². The van der Waals surface area contributed by atoms with E-state index in [1.54, 1.807) is 0 Å². The Morgan fingerprint density at radius 1 is 1.19 bits per heavy atom. The second-order valence-corrected chi connectivity index (χ2v) is 4.73. The molecule has 1 nitrogen and oxygen atoms in total. The maximum Gasteiger partial charge on any atom is 0.0462 e. The summed E-state index contributed by atoms with van der Waals surface area (Å²) in [6.45, 7) is 2.14. The molecule has 1 heteroatoms. The smallest absolute Gasteiger partial charge is 0.0462 e. The Morgan fingerprint density at radius 3 is 2.94 bits per heavy atom. The van der Waals surface area contributed by atoms with Crippen LogP contribution in [0.4, 0.5) is 0 Å². The average Bonchev–Trinajstić information content (AvgIpc) is 2.73. The summed E-state index contributed by atoms with van der Waals surface area (Å²) in [6.07, 6.45) is 9.75. The van der Waals surface area contributed by atoms with Crippen LogP contribution in [0.25, 0.3) is 16.5 Å². The van der Waals surface area contributed by atoms with Gasteiger partial charge in [0, 0.05) is 22.7 Å². The summed E-state index contributed by atoms with van der Waals surface area (Å²) in [5.41, 5.74) is 5.52. The van der Waals surface area contributed by atoms with Gasteiger partial charge in [-0.1, -0.05) is 18.2 Å². The summed E-state index contributed by atoms with van der Waals surface area (Å²) < 4.78 is 0. The van der Waals surface area contributed by atoms with E-state index in [1.165, 1.54) is 53.3 Å². The Labute approximate surface area is 96.2 Å². The number of hydrogen-bond acceptors (Lipinski definition) is 0. The van der Waals surface area contributed by atoms with Crippen LogP contribution in [0.5, 0.6) is 0 Å². The third kappa shape index (κ3) is 1.57. The first kappa shape index (κ1) is 9.71. The first-order chi connectivity index (χ1) is 7.84. The Hall–Kier alpha value is -1.50. The molecule has 0 unspecified atom stereocenters. The molecule has 0 spiro atoms. The lowest BCUT2D eigenvalue weighted by atomic mass is 9.93. The van der Waals surface area contributed by atoms with Gasteiger partial charge < -0.3 is 4.98 Å². The normalized spacial score (nSPS) is 16.4. The van der Waals surface area contributed by atoms with Gasteiger partial charge in [0.15, 0.2) is 0 Å². The van der Waals surface area contributed by atoms with E-state index >= 15 is 0 Å². The molecule has 1 N–H and O–H groups in total. The molecule has 16 heavy (non-hydrogen) atoms. The minimum Gasteiger partial charge on any atom is -0.361 e. The molecule has 0 aliphatic heterocycles. The molecule has 0 radical (unpaired) electrons. The Kier molecular flexibility index (Phi) is 2.32. The summed E-state index contributed by atoms with van der Waals surface area (Å²) in [5, 5.41) is 1.37. The molecule has 3 rings (SSSR count). The van der Waals surface area contributed by atoms with E-state index < -0.39 is 0 Å². The Morgan fingerprint density at radius 2 is 2.12 bits per heavy atom. The number of nitrogens with one attached hydrogen (secondary N) is 1. The zero-order chi connectivity index (χ0) is 11.0. The van der Waals surface area contributed by atoms with Gasteiger partial charge in [-0.05, 0) is 49.8 Å². The molecule has 0 bridgehead atoms. The van der Waals surface area contributed by atoms with Crippen molar-refractivity contribution in [1.29, 1.82) is 0 Å². The molecule has 1 aromatic heterocycles. The fraction of sp³-hybridized carbons (Fsp3) is 0.333. The number of aromatic nitrogens is 1. The number of H-pyrrole nitrogens is 1. The van der Waals surface area contributed by atoms with Gasteiger partial charge in [0.1, 0.15) is 0 Å². The van der Waals surface area contributed by atoms with Crippen LogP contribution in [0.15, 0.2) is 30.5 Å². The van der Waals surface area contributed by atoms with Crippen LogP contribution >= 0.6 is 0 Å². The molecule has 82 valence electrons. The lowest BCUT2D eigenvalue weighted by Crippen LogP contribution is -1.90. The molecular weight excluding hydrogens is 194 g/mol. The number of aryl methyl sites for hydroxylation is 1. The Balaban J connectivity index is 2.13. The molecular formula is C15H17N. The van der Waals surface area contributed by atoms with Crippen LogP contribution < -0.4 is 0 Å². The monoisotopic (exact) mass is 211 g/mol. The van der Waals surface area contributed by atoms with E-state index in [0.717, 1.165) is 0 Å². The molecule has 1 aromatic carbocycles. The summed E-state index contributed by atoms with van der Waals surface area (Å²) in [6, 6.07) is 6.66. The van der Waals surface area contributed by atoms with E-state index in [2.05, 4.69) is 42.4 Å². The van der Waals surface area contributed by atoms with E-state index in [1.807, 2.05) is 0 Å². The van der Waals surface area contributed by atoms with Crippen molar-refractivity contribution in [2.24, 2.45) is 0 Å². The summed E-state index contributed by atoms with van der Waals surface area (Å²) in [4.78, 5) is 3.39. The lowest BCUT2D eigenvalue weighted by Gasteiger charge is -2.11. The van der Waals surface area contributed by atoms with Gasteiger partial charge >= 0.3 is 0 Å². The van der Waals surface area contributed by atoms with Crippen molar-refractivity contribution in [2.45, 2.75) is 32.6 Å².